The van der Waals surface area contributed by atoms with Crippen LogP contribution in [0.1, 0.15) is 29.8 Å². The van der Waals surface area contributed by atoms with E-state index in [1.807, 2.05) is 38.1 Å². The molecule has 0 radical (unpaired) electrons. The fourth-order valence-corrected chi connectivity index (χ4v) is 2.96. The van der Waals surface area contributed by atoms with Gasteiger partial charge in [-0.05, 0) is 29.7 Å². The van der Waals surface area contributed by atoms with Crippen LogP contribution in [0.2, 0.25) is 0 Å². The van der Waals surface area contributed by atoms with Crippen molar-refractivity contribution >= 4 is 17.5 Å². The fourth-order valence-electron chi connectivity index (χ4n) is 2.96. The average Bonchev–Trinajstić information content (AvgIpc) is 2.85. The van der Waals surface area contributed by atoms with Crippen molar-refractivity contribution in [1.82, 2.24) is 9.88 Å². The van der Waals surface area contributed by atoms with Gasteiger partial charge in [-0.15, -0.1) is 0 Å². The van der Waals surface area contributed by atoms with Crippen LogP contribution in [0.3, 0.4) is 0 Å². The van der Waals surface area contributed by atoms with Crippen LogP contribution in [0.5, 0.6) is 0 Å². The number of amides is 2. The van der Waals surface area contributed by atoms with Crippen molar-refractivity contribution in [3.8, 4) is 0 Å². The van der Waals surface area contributed by atoms with Gasteiger partial charge in [0.1, 0.15) is 6.04 Å². The molecule has 1 atom stereocenters. The lowest BCUT2D eigenvalue weighted by Crippen LogP contribution is -2.47. The van der Waals surface area contributed by atoms with Gasteiger partial charge in [0.15, 0.2) is 0 Å². The van der Waals surface area contributed by atoms with Gasteiger partial charge in [0.2, 0.25) is 5.91 Å². The van der Waals surface area contributed by atoms with Crippen LogP contribution in [-0.4, -0.2) is 27.7 Å². The zero-order valence-corrected chi connectivity index (χ0v) is 13.2. The number of carbonyl (C=O) groups is 2. The molecule has 1 aromatic heterocycles. The molecule has 2 heterocycles. The maximum absolute atomic E-state index is 12.7. The molecule has 1 aliphatic heterocycles. The van der Waals surface area contributed by atoms with Crippen molar-refractivity contribution in [3.63, 3.8) is 0 Å². The predicted molar refractivity (Wildman–Crippen MR) is 87.8 cm³/mol. The molecule has 118 valence electrons. The zero-order valence-electron chi connectivity index (χ0n) is 13.2. The van der Waals surface area contributed by atoms with Gasteiger partial charge in [-0.2, -0.15) is 0 Å². The summed E-state index contributed by atoms with van der Waals surface area (Å²) in [6.07, 6.45) is 3.24. The van der Waals surface area contributed by atoms with Crippen LogP contribution in [0.25, 0.3) is 0 Å². The van der Waals surface area contributed by atoms with Gasteiger partial charge in [0, 0.05) is 30.2 Å². The van der Waals surface area contributed by atoms with Gasteiger partial charge in [0.05, 0.1) is 0 Å². The third kappa shape index (κ3) is 2.95. The minimum Gasteiger partial charge on any atom is -0.324 e. The molecule has 1 aromatic carbocycles. The normalized spacial score (nSPS) is 14.7. The van der Waals surface area contributed by atoms with Crippen molar-refractivity contribution in [2.45, 2.75) is 26.4 Å². The Kier molecular flexibility index (Phi) is 4.10. The lowest BCUT2D eigenvalue weighted by Gasteiger charge is -2.29. The van der Waals surface area contributed by atoms with Crippen molar-refractivity contribution in [2.24, 2.45) is 5.92 Å². The second-order valence-corrected chi connectivity index (χ2v) is 6.00. The Balaban J connectivity index is 1.83. The number of nitrogens with one attached hydrogen (secondary N) is 1. The molecule has 2 amide bonds. The molecule has 2 aromatic rings. The molecule has 1 N–H and O–H groups in total. The maximum Gasteiger partial charge on any atom is 0.255 e. The summed E-state index contributed by atoms with van der Waals surface area (Å²) in [5.41, 5.74) is 2.34. The lowest BCUT2D eigenvalue weighted by molar-refractivity contribution is -0.122. The van der Waals surface area contributed by atoms with E-state index < -0.39 is 6.04 Å². The molecule has 0 saturated heterocycles. The summed E-state index contributed by atoms with van der Waals surface area (Å²) in [6.45, 7) is 4.38. The number of aromatic nitrogens is 1. The molecule has 3 rings (SSSR count). The number of nitrogens with zero attached hydrogens (tertiary/aromatic N) is 2. The zero-order chi connectivity index (χ0) is 16.4. The largest absolute Gasteiger partial charge is 0.324 e. The van der Waals surface area contributed by atoms with Crippen molar-refractivity contribution in [3.05, 3.63) is 59.9 Å². The van der Waals surface area contributed by atoms with E-state index >= 15 is 0 Å². The molecule has 0 spiro atoms. The number of hydrogen-bond donors (Lipinski definition) is 1. The Morgan fingerprint density at radius 1 is 1.17 bits per heavy atom. The first kappa shape index (κ1) is 15.2. The van der Waals surface area contributed by atoms with E-state index in [1.54, 1.807) is 29.4 Å². The highest BCUT2D eigenvalue weighted by Crippen LogP contribution is 2.27. The van der Waals surface area contributed by atoms with Gasteiger partial charge in [-0.3, -0.25) is 14.6 Å². The molecule has 0 bridgehead atoms. The Morgan fingerprint density at radius 2 is 1.87 bits per heavy atom. The topological polar surface area (TPSA) is 62.3 Å². The maximum atomic E-state index is 12.7. The van der Waals surface area contributed by atoms with Crippen LogP contribution in [0.15, 0.2) is 48.8 Å². The van der Waals surface area contributed by atoms with Gasteiger partial charge in [0.25, 0.3) is 5.91 Å². The second-order valence-electron chi connectivity index (χ2n) is 6.00. The quantitative estimate of drug-likeness (QED) is 0.944. The summed E-state index contributed by atoms with van der Waals surface area (Å²) < 4.78 is 0. The number of hydrogen-bond acceptors (Lipinski definition) is 3. The monoisotopic (exact) mass is 309 g/mol. The molecule has 1 aliphatic rings. The molecule has 0 saturated carbocycles. The Labute approximate surface area is 135 Å². The first-order valence-corrected chi connectivity index (χ1v) is 7.67. The summed E-state index contributed by atoms with van der Waals surface area (Å²) in [4.78, 5) is 30.9. The van der Waals surface area contributed by atoms with Gasteiger partial charge >= 0.3 is 0 Å². The molecular formula is C18H19N3O2. The van der Waals surface area contributed by atoms with E-state index in [1.165, 1.54) is 0 Å². The molecule has 0 aliphatic carbocycles. The summed E-state index contributed by atoms with van der Waals surface area (Å²) >= 11 is 0. The van der Waals surface area contributed by atoms with Crippen LogP contribution < -0.4 is 5.32 Å². The summed E-state index contributed by atoms with van der Waals surface area (Å²) in [5.74, 6) is -0.244. The van der Waals surface area contributed by atoms with Crippen molar-refractivity contribution in [1.29, 1.82) is 0 Å². The summed E-state index contributed by atoms with van der Waals surface area (Å²) in [6, 6.07) is 10.5. The fraction of sp³-hybridized carbons (Fsp3) is 0.278. The number of pyridine rings is 1. The highest BCUT2D eigenvalue weighted by atomic mass is 16.2. The van der Waals surface area contributed by atoms with Crippen LogP contribution in [-0.2, 0) is 11.3 Å². The van der Waals surface area contributed by atoms with E-state index in [4.69, 9.17) is 0 Å². The molecule has 0 fully saturated rings. The number of anilines is 1. The number of rotatable bonds is 4. The van der Waals surface area contributed by atoms with Crippen molar-refractivity contribution in [2.75, 3.05) is 5.32 Å². The Bertz CT molecular complexity index is 728. The SMILES string of the molecule is CC(C)[C@@H](C(=O)Nc1ccncc1)N1Cc2ccccc2C1=O. The van der Waals surface area contributed by atoms with E-state index in [2.05, 4.69) is 10.3 Å². The minimum absolute atomic E-state index is 0.00935. The smallest absolute Gasteiger partial charge is 0.255 e. The van der Waals surface area contributed by atoms with Crippen LogP contribution in [0, 0.1) is 5.92 Å². The minimum atomic E-state index is -0.511. The van der Waals surface area contributed by atoms with E-state index in [0.717, 1.165) is 5.56 Å². The number of carbonyl (C=O) groups excluding carboxylic acids is 2. The highest BCUT2D eigenvalue weighted by Gasteiger charge is 2.37. The third-order valence-corrected chi connectivity index (χ3v) is 4.03. The number of fused-ring (bicyclic) bond motifs is 1. The van der Waals surface area contributed by atoms with Crippen molar-refractivity contribution < 1.29 is 9.59 Å². The average molecular weight is 309 g/mol. The molecule has 5 nitrogen and oxygen atoms in total. The summed E-state index contributed by atoms with van der Waals surface area (Å²) in [7, 11) is 0. The second kappa shape index (κ2) is 6.20. The van der Waals surface area contributed by atoms with Gasteiger partial charge < -0.3 is 10.2 Å². The van der Waals surface area contributed by atoms with E-state index in [0.29, 0.717) is 17.8 Å². The standard InChI is InChI=1S/C18H19N3O2/c1-12(2)16(17(22)20-14-7-9-19-10-8-14)21-11-13-5-3-4-6-15(13)18(21)23/h3-10,12,16H,11H2,1-2H3,(H,19,20,22)/t16-/m0/s1. The van der Waals surface area contributed by atoms with Crippen LogP contribution in [0.4, 0.5) is 5.69 Å². The van der Waals surface area contributed by atoms with Gasteiger partial charge in [-0.1, -0.05) is 32.0 Å². The third-order valence-electron chi connectivity index (χ3n) is 4.03. The van der Waals surface area contributed by atoms with Gasteiger partial charge in [-0.25, -0.2) is 0 Å². The van der Waals surface area contributed by atoms with E-state index in [-0.39, 0.29) is 17.7 Å². The summed E-state index contributed by atoms with van der Waals surface area (Å²) in [5, 5.41) is 2.87. The molecule has 0 unspecified atom stereocenters. The highest BCUT2D eigenvalue weighted by molar-refractivity contribution is 6.03. The van der Waals surface area contributed by atoms with Crippen LogP contribution >= 0.6 is 0 Å². The van der Waals surface area contributed by atoms with E-state index in [9.17, 15) is 9.59 Å². The first-order valence-electron chi connectivity index (χ1n) is 7.67. The Morgan fingerprint density at radius 3 is 2.52 bits per heavy atom. The Hall–Kier alpha value is -2.69. The predicted octanol–water partition coefficient (Wildman–Crippen LogP) is 2.70. The lowest BCUT2D eigenvalue weighted by atomic mass is 10.0. The first-order chi connectivity index (χ1) is 11.1. The number of benzene rings is 1. The molecule has 23 heavy (non-hydrogen) atoms. The molecular weight excluding hydrogens is 290 g/mol. The molecule has 5 heteroatoms.